The lowest BCUT2D eigenvalue weighted by molar-refractivity contribution is 0.0532. The predicted octanol–water partition coefficient (Wildman–Crippen LogP) is 2.79. The first-order valence-corrected chi connectivity index (χ1v) is 9.55. The molecular weight excluding hydrogens is 352 g/mol. The second kappa shape index (κ2) is 7.76. The number of aryl methyl sites for hydroxylation is 1. The number of carbonyl (C=O) groups excluding carboxylic acids is 2. The highest BCUT2D eigenvalue weighted by Gasteiger charge is 2.26. The third-order valence-corrected chi connectivity index (χ3v) is 5.13. The first kappa shape index (κ1) is 18.1. The summed E-state index contributed by atoms with van der Waals surface area (Å²) < 4.78 is 0. The molecule has 1 aliphatic rings. The summed E-state index contributed by atoms with van der Waals surface area (Å²) in [5.74, 6) is -0.127. The smallest absolute Gasteiger partial charge is 0.274 e. The van der Waals surface area contributed by atoms with Gasteiger partial charge in [0.2, 0.25) is 0 Å². The van der Waals surface area contributed by atoms with E-state index in [-0.39, 0.29) is 11.8 Å². The van der Waals surface area contributed by atoms with E-state index in [0.29, 0.717) is 43.0 Å². The van der Waals surface area contributed by atoms with Gasteiger partial charge in [0, 0.05) is 31.7 Å². The van der Waals surface area contributed by atoms with Crippen LogP contribution in [0.2, 0.25) is 0 Å². The van der Waals surface area contributed by atoms with Crippen molar-refractivity contribution in [3.63, 3.8) is 0 Å². The number of para-hydroxylation sites is 2. The van der Waals surface area contributed by atoms with Gasteiger partial charge in [-0.3, -0.25) is 14.6 Å². The number of piperazine rings is 1. The number of aromatic nitrogens is 2. The summed E-state index contributed by atoms with van der Waals surface area (Å²) in [5.41, 5.74) is 3.72. The van der Waals surface area contributed by atoms with Gasteiger partial charge < -0.3 is 9.80 Å². The van der Waals surface area contributed by atoms with Crippen molar-refractivity contribution in [2.75, 3.05) is 26.2 Å². The van der Waals surface area contributed by atoms with Gasteiger partial charge in [-0.05, 0) is 36.2 Å². The maximum absolute atomic E-state index is 12.8. The van der Waals surface area contributed by atoms with Gasteiger partial charge in [0.05, 0.1) is 17.2 Å². The van der Waals surface area contributed by atoms with Crippen molar-refractivity contribution in [3.8, 4) is 0 Å². The van der Waals surface area contributed by atoms with Gasteiger partial charge in [-0.25, -0.2) is 4.98 Å². The highest BCUT2D eigenvalue weighted by molar-refractivity contribution is 5.95. The van der Waals surface area contributed by atoms with Crippen LogP contribution in [-0.2, 0) is 6.42 Å². The SMILES string of the molecule is CCc1ccc(C(=O)N2CCN(C(=O)c3cnc4ccccc4n3)CC2)cc1. The van der Waals surface area contributed by atoms with Crippen LogP contribution in [0.25, 0.3) is 11.0 Å². The second-order valence-corrected chi connectivity index (χ2v) is 6.88. The molecule has 2 amide bonds. The molecule has 4 rings (SSSR count). The van der Waals surface area contributed by atoms with Crippen LogP contribution in [-0.4, -0.2) is 57.8 Å². The maximum Gasteiger partial charge on any atom is 0.274 e. The number of benzene rings is 2. The third kappa shape index (κ3) is 3.58. The van der Waals surface area contributed by atoms with Crippen LogP contribution in [0.3, 0.4) is 0 Å². The van der Waals surface area contributed by atoms with E-state index in [9.17, 15) is 9.59 Å². The standard InChI is InChI=1S/C22H22N4O2/c1-2-16-7-9-17(10-8-16)21(27)25-11-13-26(14-12-25)22(28)20-15-23-18-5-3-4-6-19(18)24-20/h3-10,15H,2,11-14H2,1H3. The molecule has 0 radical (unpaired) electrons. The average Bonchev–Trinajstić information content (AvgIpc) is 2.78. The van der Waals surface area contributed by atoms with Crippen molar-refractivity contribution in [2.24, 2.45) is 0 Å². The zero-order valence-electron chi connectivity index (χ0n) is 15.8. The Morgan fingerprint density at radius 1 is 0.857 bits per heavy atom. The summed E-state index contributed by atoms with van der Waals surface area (Å²) in [6.45, 7) is 4.10. The Morgan fingerprint density at radius 2 is 1.46 bits per heavy atom. The highest BCUT2D eigenvalue weighted by Crippen LogP contribution is 2.14. The number of amides is 2. The molecular formula is C22H22N4O2. The van der Waals surface area contributed by atoms with E-state index >= 15 is 0 Å². The lowest BCUT2D eigenvalue weighted by atomic mass is 10.1. The fraction of sp³-hybridized carbons (Fsp3) is 0.273. The van der Waals surface area contributed by atoms with Crippen LogP contribution in [0, 0.1) is 0 Å². The minimum Gasteiger partial charge on any atom is -0.335 e. The molecule has 0 saturated carbocycles. The molecule has 0 atom stereocenters. The van der Waals surface area contributed by atoms with E-state index in [1.54, 1.807) is 9.80 Å². The van der Waals surface area contributed by atoms with Crippen LogP contribution in [0.15, 0.2) is 54.7 Å². The van der Waals surface area contributed by atoms with Gasteiger partial charge in [0.1, 0.15) is 5.69 Å². The summed E-state index contributed by atoms with van der Waals surface area (Å²) in [7, 11) is 0. The van der Waals surface area contributed by atoms with Crippen LogP contribution in [0.5, 0.6) is 0 Å². The lowest BCUT2D eigenvalue weighted by Crippen LogP contribution is -2.50. The largest absolute Gasteiger partial charge is 0.335 e. The number of carbonyl (C=O) groups is 2. The zero-order valence-corrected chi connectivity index (χ0v) is 15.8. The molecule has 2 aromatic carbocycles. The van der Waals surface area contributed by atoms with E-state index in [4.69, 9.17) is 0 Å². The van der Waals surface area contributed by atoms with Gasteiger partial charge >= 0.3 is 0 Å². The first-order chi connectivity index (χ1) is 13.7. The number of hydrogen-bond donors (Lipinski definition) is 0. The minimum absolute atomic E-state index is 0.0141. The van der Waals surface area contributed by atoms with Crippen molar-refractivity contribution in [1.29, 1.82) is 0 Å². The van der Waals surface area contributed by atoms with E-state index in [0.717, 1.165) is 11.9 Å². The molecule has 1 saturated heterocycles. The minimum atomic E-state index is -0.141. The zero-order chi connectivity index (χ0) is 19.5. The van der Waals surface area contributed by atoms with E-state index < -0.39 is 0 Å². The van der Waals surface area contributed by atoms with Gasteiger partial charge in [-0.2, -0.15) is 0 Å². The Morgan fingerprint density at radius 3 is 2.11 bits per heavy atom. The van der Waals surface area contributed by atoms with Gasteiger partial charge in [-0.15, -0.1) is 0 Å². The van der Waals surface area contributed by atoms with Crippen LogP contribution < -0.4 is 0 Å². The van der Waals surface area contributed by atoms with Crippen molar-refractivity contribution < 1.29 is 9.59 Å². The molecule has 28 heavy (non-hydrogen) atoms. The Hall–Kier alpha value is -3.28. The summed E-state index contributed by atoms with van der Waals surface area (Å²) in [5, 5.41) is 0. The molecule has 0 aliphatic carbocycles. The molecule has 0 N–H and O–H groups in total. The Bertz CT molecular complexity index is 1010. The molecule has 2 heterocycles. The van der Waals surface area contributed by atoms with Crippen LogP contribution in [0.4, 0.5) is 0 Å². The first-order valence-electron chi connectivity index (χ1n) is 9.55. The fourth-order valence-electron chi connectivity index (χ4n) is 3.40. The third-order valence-electron chi connectivity index (χ3n) is 5.13. The van der Waals surface area contributed by atoms with Crippen molar-refractivity contribution in [2.45, 2.75) is 13.3 Å². The molecule has 142 valence electrons. The number of fused-ring (bicyclic) bond motifs is 1. The fourth-order valence-corrected chi connectivity index (χ4v) is 3.40. The molecule has 1 aliphatic heterocycles. The maximum atomic E-state index is 12.8. The molecule has 0 spiro atoms. The summed E-state index contributed by atoms with van der Waals surface area (Å²) in [6.07, 6.45) is 2.48. The van der Waals surface area contributed by atoms with E-state index in [1.807, 2.05) is 48.5 Å². The Balaban J connectivity index is 1.41. The predicted molar refractivity (Wildman–Crippen MR) is 107 cm³/mol. The molecule has 6 heteroatoms. The van der Waals surface area contributed by atoms with Crippen molar-refractivity contribution in [1.82, 2.24) is 19.8 Å². The monoisotopic (exact) mass is 374 g/mol. The van der Waals surface area contributed by atoms with Crippen molar-refractivity contribution in [3.05, 3.63) is 71.5 Å². The number of rotatable bonds is 3. The van der Waals surface area contributed by atoms with Crippen LogP contribution in [0.1, 0.15) is 33.3 Å². The van der Waals surface area contributed by atoms with Crippen LogP contribution >= 0.6 is 0 Å². The summed E-state index contributed by atoms with van der Waals surface area (Å²) >= 11 is 0. The lowest BCUT2D eigenvalue weighted by Gasteiger charge is -2.34. The Kier molecular flexibility index (Phi) is 5.02. The van der Waals surface area contributed by atoms with Gasteiger partial charge in [-0.1, -0.05) is 31.2 Å². The molecule has 1 fully saturated rings. The highest BCUT2D eigenvalue weighted by atomic mass is 16.2. The molecule has 0 bridgehead atoms. The second-order valence-electron chi connectivity index (χ2n) is 6.88. The van der Waals surface area contributed by atoms with E-state index in [2.05, 4.69) is 16.9 Å². The van der Waals surface area contributed by atoms with E-state index in [1.165, 1.54) is 11.8 Å². The molecule has 0 unspecified atom stereocenters. The summed E-state index contributed by atoms with van der Waals surface area (Å²) in [6, 6.07) is 15.2. The summed E-state index contributed by atoms with van der Waals surface area (Å²) in [4.78, 5) is 37.8. The quantitative estimate of drug-likeness (QED) is 0.707. The molecule has 6 nitrogen and oxygen atoms in total. The normalized spacial score (nSPS) is 14.3. The number of nitrogens with zero attached hydrogens (tertiary/aromatic N) is 4. The Labute approximate surface area is 163 Å². The average molecular weight is 374 g/mol. The van der Waals surface area contributed by atoms with Gasteiger partial charge in [0.25, 0.3) is 11.8 Å². The topological polar surface area (TPSA) is 66.4 Å². The molecule has 1 aromatic heterocycles. The van der Waals surface area contributed by atoms with Crippen molar-refractivity contribution >= 4 is 22.8 Å². The number of hydrogen-bond acceptors (Lipinski definition) is 4. The molecule has 3 aromatic rings. The van der Waals surface area contributed by atoms with Gasteiger partial charge in [0.15, 0.2) is 0 Å².